The van der Waals surface area contributed by atoms with E-state index < -0.39 is 6.04 Å². The highest BCUT2D eigenvalue weighted by Gasteiger charge is 2.27. The van der Waals surface area contributed by atoms with E-state index in [0.29, 0.717) is 17.3 Å². The van der Waals surface area contributed by atoms with Crippen molar-refractivity contribution in [2.24, 2.45) is 0 Å². The van der Waals surface area contributed by atoms with Crippen molar-refractivity contribution in [3.63, 3.8) is 0 Å². The predicted octanol–water partition coefficient (Wildman–Crippen LogP) is 3.44. The van der Waals surface area contributed by atoms with Gasteiger partial charge in [0.05, 0.1) is 18.2 Å². The predicted molar refractivity (Wildman–Crippen MR) is 122 cm³/mol. The van der Waals surface area contributed by atoms with Crippen molar-refractivity contribution in [2.75, 3.05) is 26.9 Å². The third kappa shape index (κ3) is 6.61. The normalized spacial score (nSPS) is 16.3. The van der Waals surface area contributed by atoms with Crippen LogP contribution in [0.5, 0.6) is 11.5 Å². The van der Waals surface area contributed by atoms with Gasteiger partial charge in [-0.3, -0.25) is 9.59 Å². The average Bonchev–Trinajstić information content (AvgIpc) is 3.34. The fraction of sp³-hybridized carbons (Fsp3) is 0.417. The first kappa shape index (κ1) is 23.9. The molecule has 0 bridgehead atoms. The van der Waals surface area contributed by atoms with Gasteiger partial charge in [-0.2, -0.15) is 0 Å². The van der Waals surface area contributed by atoms with Crippen molar-refractivity contribution in [3.8, 4) is 11.5 Å². The van der Waals surface area contributed by atoms with Crippen LogP contribution in [-0.4, -0.2) is 55.7 Å². The molecule has 2 aromatic rings. The maximum absolute atomic E-state index is 13.1. The van der Waals surface area contributed by atoms with Crippen molar-refractivity contribution < 1.29 is 23.8 Å². The van der Waals surface area contributed by atoms with Crippen LogP contribution in [0.15, 0.2) is 48.5 Å². The van der Waals surface area contributed by atoms with Crippen molar-refractivity contribution in [2.45, 2.75) is 38.5 Å². The first-order valence-electron chi connectivity index (χ1n) is 10.7. The number of hydrogen-bond acceptors (Lipinski definition) is 5. The number of benzene rings is 2. The van der Waals surface area contributed by atoms with Crippen LogP contribution in [0.3, 0.4) is 0 Å². The van der Waals surface area contributed by atoms with Crippen molar-refractivity contribution in [1.29, 1.82) is 0 Å². The molecular weight excluding hydrogens is 432 g/mol. The number of carbonyl (C=O) groups is 2. The molecule has 0 aliphatic carbocycles. The zero-order valence-corrected chi connectivity index (χ0v) is 19.1. The number of rotatable bonds is 10. The van der Waals surface area contributed by atoms with Gasteiger partial charge in [0, 0.05) is 19.7 Å². The SMILES string of the molecule is COc1ccc(CN(C(=O)COc2ccccc2Cl)C(C)C(=O)NCC2CCCO2)cc1. The van der Waals surface area contributed by atoms with E-state index in [0.717, 1.165) is 30.8 Å². The number of halogens is 1. The number of hydrogen-bond donors (Lipinski definition) is 1. The monoisotopic (exact) mass is 460 g/mol. The highest BCUT2D eigenvalue weighted by atomic mass is 35.5. The molecule has 32 heavy (non-hydrogen) atoms. The number of carbonyl (C=O) groups excluding carboxylic acids is 2. The number of nitrogens with zero attached hydrogens (tertiary/aromatic N) is 1. The number of nitrogens with one attached hydrogen (secondary N) is 1. The average molecular weight is 461 g/mol. The van der Waals surface area contributed by atoms with E-state index in [1.165, 1.54) is 4.90 Å². The van der Waals surface area contributed by atoms with Gasteiger partial charge < -0.3 is 24.4 Å². The Morgan fingerprint density at radius 2 is 1.97 bits per heavy atom. The molecule has 2 aromatic carbocycles. The molecule has 1 N–H and O–H groups in total. The third-order valence-electron chi connectivity index (χ3n) is 5.40. The topological polar surface area (TPSA) is 77.1 Å². The summed E-state index contributed by atoms with van der Waals surface area (Å²) in [5, 5.41) is 3.33. The summed E-state index contributed by atoms with van der Waals surface area (Å²) in [4.78, 5) is 27.4. The van der Waals surface area contributed by atoms with Gasteiger partial charge in [0.15, 0.2) is 6.61 Å². The minimum Gasteiger partial charge on any atom is -0.497 e. The summed E-state index contributed by atoms with van der Waals surface area (Å²) in [5.74, 6) is 0.582. The number of amides is 2. The Bertz CT molecular complexity index is 900. The fourth-order valence-electron chi connectivity index (χ4n) is 3.46. The number of ether oxygens (including phenoxy) is 3. The molecule has 2 amide bonds. The summed E-state index contributed by atoms with van der Waals surface area (Å²) in [6.07, 6.45) is 1.95. The molecule has 7 nitrogen and oxygen atoms in total. The van der Waals surface area contributed by atoms with Crippen LogP contribution < -0.4 is 14.8 Å². The van der Waals surface area contributed by atoms with Gasteiger partial charge in [0.1, 0.15) is 17.5 Å². The summed E-state index contributed by atoms with van der Waals surface area (Å²) >= 11 is 6.12. The van der Waals surface area contributed by atoms with Crippen LogP contribution in [0.2, 0.25) is 5.02 Å². The second kappa shape index (κ2) is 11.7. The fourth-order valence-corrected chi connectivity index (χ4v) is 3.65. The van der Waals surface area contributed by atoms with Gasteiger partial charge >= 0.3 is 0 Å². The summed E-state index contributed by atoms with van der Waals surface area (Å²) in [6.45, 7) is 2.88. The van der Waals surface area contributed by atoms with E-state index in [9.17, 15) is 9.59 Å². The highest BCUT2D eigenvalue weighted by Crippen LogP contribution is 2.23. The standard InChI is InChI=1S/C24H29ClN2O5/c1-17(24(29)26-14-20-6-5-13-31-20)27(15-18-9-11-19(30-2)12-10-18)23(28)16-32-22-8-4-3-7-21(22)25/h3-4,7-12,17,20H,5-6,13-16H2,1-2H3,(H,26,29). The smallest absolute Gasteiger partial charge is 0.261 e. The lowest BCUT2D eigenvalue weighted by atomic mass is 10.1. The van der Waals surface area contributed by atoms with Crippen LogP contribution in [0.1, 0.15) is 25.3 Å². The van der Waals surface area contributed by atoms with Gasteiger partial charge in [-0.25, -0.2) is 0 Å². The van der Waals surface area contributed by atoms with E-state index in [1.54, 1.807) is 38.3 Å². The van der Waals surface area contributed by atoms with E-state index in [1.807, 2.05) is 24.3 Å². The van der Waals surface area contributed by atoms with Crippen molar-refractivity contribution in [3.05, 3.63) is 59.1 Å². The van der Waals surface area contributed by atoms with Crippen LogP contribution in [0.25, 0.3) is 0 Å². The Kier molecular flexibility index (Phi) is 8.76. The van der Waals surface area contributed by atoms with Gasteiger partial charge in [0.2, 0.25) is 5.91 Å². The van der Waals surface area contributed by atoms with Crippen LogP contribution in [0.4, 0.5) is 0 Å². The van der Waals surface area contributed by atoms with Crippen LogP contribution in [-0.2, 0) is 20.9 Å². The summed E-state index contributed by atoms with van der Waals surface area (Å²) in [7, 11) is 1.59. The summed E-state index contributed by atoms with van der Waals surface area (Å²) in [6, 6.07) is 13.6. The molecule has 0 spiro atoms. The zero-order chi connectivity index (χ0) is 22.9. The molecule has 1 aliphatic rings. The largest absolute Gasteiger partial charge is 0.497 e. The molecule has 1 aliphatic heterocycles. The maximum atomic E-state index is 13.1. The molecule has 1 heterocycles. The maximum Gasteiger partial charge on any atom is 0.261 e. The van der Waals surface area contributed by atoms with E-state index in [-0.39, 0.29) is 31.1 Å². The Morgan fingerprint density at radius 1 is 1.22 bits per heavy atom. The number of methoxy groups -OCH3 is 1. The molecule has 0 radical (unpaired) electrons. The molecule has 2 atom stereocenters. The summed E-state index contributed by atoms with van der Waals surface area (Å²) < 4.78 is 16.4. The Labute approximate surface area is 193 Å². The lowest BCUT2D eigenvalue weighted by molar-refractivity contribution is -0.142. The molecule has 8 heteroatoms. The minimum atomic E-state index is -0.694. The lowest BCUT2D eigenvalue weighted by Gasteiger charge is -2.29. The first-order chi connectivity index (χ1) is 15.5. The van der Waals surface area contributed by atoms with E-state index >= 15 is 0 Å². The Hall–Kier alpha value is -2.77. The minimum absolute atomic E-state index is 0.0282. The molecular formula is C24H29ClN2O5. The second-order valence-electron chi connectivity index (χ2n) is 7.64. The van der Waals surface area contributed by atoms with Gasteiger partial charge in [-0.15, -0.1) is 0 Å². The van der Waals surface area contributed by atoms with Crippen molar-refractivity contribution >= 4 is 23.4 Å². The molecule has 1 saturated heterocycles. The molecule has 172 valence electrons. The van der Waals surface area contributed by atoms with E-state index in [4.69, 9.17) is 25.8 Å². The Morgan fingerprint density at radius 3 is 2.62 bits per heavy atom. The van der Waals surface area contributed by atoms with Gasteiger partial charge in [0.25, 0.3) is 5.91 Å². The first-order valence-corrected chi connectivity index (χ1v) is 11.0. The van der Waals surface area contributed by atoms with Crippen LogP contribution >= 0.6 is 11.6 Å². The highest BCUT2D eigenvalue weighted by molar-refractivity contribution is 6.32. The number of para-hydroxylation sites is 1. The van der Waals surface area contributed by atoms with Gasteiger partial charge in [-0.05, 0) is 49.6 Å². The molecule has 1 fully saturated rings. The quantitative estimate of drug-likeness (QED) is 0.587. The van der Waals surface area contributed by atoms with Crippen molar-refractivity contribution in [1.82, 2.24) is 10.2 Å². The lowest BCUT2D eigenvalue weighted by Crippen LogP contribution is -2.50. The molecule has 0 aromatic heterocycles. The third-order valence-corrected chi connectivity index (χ3v) is 5.71. The molecule has 0 saturated carbocycles. The molecule has 2 unspecified atom stereocenters. The molecule has 3 rings (SSSR count). The Balaban J connectivity index is 1.68. The zero-order valence-electron chi connectivity index (χ0n) is 18.4. The van der Waals surface area contributed by atoms with E-state index in [2.05, 4.69) is 5.32 Å². The van der Waals surface area contributed by atoms with Gasteiger partial charge in [-0.1, -0.05) is 35.9 Å². The summed E-state index contributed by atoms with van der Waals surface area (Å²) in [5.41, 5.74) is 0.871. The second-order valence-corrected chi connectivity index (χ2v) is 8.05. The van der Waals surface area contributed by atoms with Crippen LogP contribution in [0, 0.1) is 0 Å².